The topological polar surface area (TPSA) is 70.8 Å². The van der Waals surface area contributed by atoms with Gasteiger partial charge in [0.25, 0.3) is 0 Å². The van der Waals surface area contributed by atoms with Gasteiger partial charge >= 0.3 is 0 Å². The van der Waals surface area contributed by atoms with Gasteiger partial charge in [0.15, 0.2) is 0 Å². The Morgan fingerprint density at radius 3 is 2.40 bits per heavy atom. The summed E-state index contributed by atoms with van der Waals surface area (Å²) in [4.78, 5) is 18.3. The smallest absolute Gasteiger partial charge is 0.230 e. The van der Waals surface area contributed by atoms with Crippen LogP contribution in [0.5, 0.6) is 0 Å². The number of nitrogens with zero attached hydrogens (tertiary/aromatic N) is 4. The zero-order valence-electron chi connectivity index (χ0n) is 27.0. The van der Waals surface area contributed by atoms with E-state index in [0.717, 1.165) is 91.9 Å². The molecule has 7 nitrogen and oxygen atoms in total. The predicted octanol–water partition coefficient (Wildman–Crippen LogP) is 6.85. The number of anilines is 1. The fourth-order valence-corrected chi connectivity index (χ4v) is 6.39. The number of rotatable bonds is 12. The molecule has 43 heavy (non-hydrogen) atoms. The van der Waals surface area contributed by atoms with Gasteiger partial charge in [-0.2, -0.15) is 5.10 Å². The van der Waals surface area contributed by atoms with Gasteiger partial charge in [0, 0.05) is 36.5 Å². The molecule has 0 spiro atoms. The van der Waals surface area contributed by atoms with Crippen molar-refractivity contribution in [3.8, 4) is 11.1 Å². The second-order valence-electron chi connectivity index (χ2n) is 13.0. The highest BCUT2D eigenvalue weighted by molar-refractivity contribution is 5.95. The second kappa shape index (κ2) is 15.5. The van der Waals surface area contributed by atoms with Crippen molar-refractivity contribution in [1.29, 1.82) is 0 Å². The number of aliphatic hydroxyl groups is 1. The number of benzene rings is 1. The minimum absolute atomic E-state index is 0.0350. The molecular weight excluding hydrogens is 536 g/mol. The van der Waals surface area contributed by atoms with Gasteiger partial charge in [0.05, 0.1) is 26.0 Å². The van der Waals surface area contributed by atoms with E-state index in [1.165, 1.54) is 0 Å². The molecule has 0 bridgehead atoms. The number of carbonyl (C=O) groups is 1. The lowest BCUT2D eigenvalue weighted by atomic mass is 9.78. The van der Waals surface area contributed by atoms with E-state index < -0.39 is 0 Å². The third-order valence-corrected chi connectivity index (χ3v) is 9.19. The lowest BCUT2D eigenvalue weighted by molar-refractivity contribution is -0.124. The molecular formula is C36H52N4O3. The Morgan fingerprint density at radius 1 is 1.05 bits per heavy atom. The van der Waals surface area contributed by atoms with Crippen molar-refractivity contribution >= 4 is 11.6 Å². The Hall–Kier alpha value is -3.16. The van der Waals surface area contributed by atoms with E-state index in [9.17, 15) is 9.90 Å². The molecule has 1 aromatic heterocycles. The van der Waals surface area contributed by atoms with Crippen molar-refractivity contribution in [3.63, 3.8) is 0 Å². The molecule has 234 valence electrons. The summed E-state index contributed by atoms with van der Waals surface area (Å²) in [5.74, 6) is 1.96. The van der Waals surface area contributed by atoms with Crippen LogP contribution in [0.2, 0.25) is 0 Å². The van der Waals surface area contributed by atoms with Crippen LogP contribution in [0, 0.1) is 17.8 Å². The van der Waals surface area contributed by atoms with E-state index in [4.69, 9.17) is 4.74 Å². The highest BCUT2D eigenvalue weighted by Gasteiger charge is 2.32. The van der Waals surface area contributed by atoms with Crippen LogP contribution in [0.3, 0.4) is 0 Å². The molecule has 0 unspecified atom stereocenters. The molecule has 2 saturated carbocycles. The highest BCUT2D eigenvalue weighted by atomic mass is 16.5. The number of methoxy groups -OCH3 is 1. The second-order valence-corrected chi connectivity index (χ2v) is 13.0. The van der Waals surface area contributed by atoms with E-state index in [1.807, 2.05) is 17.0 Å². The van der Waals surface area contributed by atoms with Crippen LogP contribution in [0.4, 0.5) is 5.69 Å². The Kier molecular flexibility index (Phi) is 11.8. The maximum atomic E-state index is 14.1. The molecule has 0 atom stereocenters. The third kappa shape index (κ3) is 9.16. The van der Waals surface area contributed by atoms with Crippen LogP contribution in [0.1, 0.15) is 65.2 Å². The van der Waals surface area contributed by atoms with Gasteiger partial charge in [-0.05, 0) is 120 Å². The van der Waals surface area contributed by atoms with Crippen molar-refractivity contribution in [2.45, 2.75) is 77.9 Å². The Bertz CT molecular complexity index is 1270. The fourth-order valence-electron chi connectivity index (χ4n) is 6.39. The lowest BCUT2D eigenvalue weighted by Crippen LogP contribution is -2.42. The molecule has 1 amide bonds. The summed E-state index contributed by atoms with van der Waals surface area (Å²) in [6.45, 7) is 11.0. The van der Waals surface area contributed by atoms with E-state index in [1.54, 1.807) is 7.11 Å². The van der Waals surface area contributed by atoms with Gasteiger partial charge in [0.1, 0.15) is 5.76 Å². The van der Waals surface area contributed by atoms with Gasteiger partial charge in [0.2, 0.25) is 5.91 Å². The van der Waals surface area contributed by atoms with Crippen molar-refractivity contribution in [2.24, 2.45) is 17.8 Å². The summed E-state index contributed by atoms with van der Waals surface area (Å²) in [6, 6.07) is 8.38. The zero-order chi connectivity index (χ0) is 30.9. The van der Waals surface area contributed by atoms with Crippen molar-refractivity contribution in [3.05, 3.63) is 72.3 Å². The molecule has 7 heteroatoms. The first-order chi connectivity index (χ1) is 20.6. The third-order valence-electron chi connectivity index (χ3n) is 9.19. The van der Waals surface area contributed by atoms with Crippen LogP contribution in [0.25, 0.3) is 11.1 Å². The molecule has 1 aromatic carbocycles. The van der Waals surface area contributed by atoms with Gasteiger partial charge < -0.3 is 19.6 Å². The number of aromatic nitrogens is 2. The summed E-state index contributed by atoms with van der Waals surface area (Å²) >= 11 is 0. The minimum atomic E-state index is -0.279. The number of carbonyl (C=O) groups excluding carboxylic acids is 1. The van der Waals surface area contributed by atoms with Crippen LogP contribution in [-0.4, -0.2) is 66.1 Å². The number of aliphatic hydroxyl groups excluding tert-OH is 1. The molecule has 2 aliphatic rings. The summed E-state index contributed by atoms with van der Waals surface area (Å²) in [7, 11) is 5.84. The molecule has 0 saturated heterocycles. The SMILES string of the molecule is C=C(/C=C\C(OC)=C(C)C)C1CCC(CN(C(=O)C2CCC(O)CC2)c2cccc(-c3cnn(CCN(C)C)c3)c2)CC1. The standard InChI is InChI=1S/C36H52N4O3/c1-26(2)35(43-6)19-10-27(3)29-13-11-28(12-14-29)24-40(36(42)30-15-17-34(41)18-16-30)33-9-7-8-31(22-33)32-23-37-39(25-32)21-20-38(4)5/h7-10,19,22-23,25,28-30,34,41H,3,11-18,20-21,24H2,1-2,4-6H3/b19-10-. The Morgan fingerprint density at radius 2 is 1.74 bits per heavy atom. The van der Waals surface area contributed by atoms with E-state index >= 15 is 0 Å². The van der Waals surface area contributed by atoms with Gasteiger partial charge in [-0.25, -0.2) is 0 Å². The summed E-state index contributed by atoms with van der Waals surface area (Å²) in [5.41, 5.74) is 5.39. The van der Waals surface area contributed by atoms with Crippen LogP contribution < -0.4 is 4.90 Å². The van der Waals surface area contributed by atoms with Crippen molar-refractivity contribution in [1.82, 2.24) is 14.7 Å². The molecule has 1 heterocycles. The summed E-state index contributed by atoms with van der Waals surface area (Å²) < 4.78 is 7.46. The van der Waals surface area contributed by atoms with Crippen LogP contribution in [0.15, 0.2) is 72.3 Å². The summed E-state index contributed by atoms with van der Waals surface area (Å²) in [6.07, 6.45) is 15.1. The molecule has 0 aliphatic heterocycles. The van der Waals surface area contributed by atoms with Crippen molar-refractivity contribution in [2.75, 3.05) is 39.2 Å². The van der Waals surface area contributed by atoms with E-state index in [2.05, 4.69) is 86.0 Å². The Labute approximate surface area is 258 Å². The van der Waals surface area contributed by atoms with E-state index in [0.29, 0.717) is 24.7 Å². The average molecular weight is 589 g/mol. The van der Waals surface area contributed by atoms with Crippen LogP contribution in [-0.2, 0) is 16.1 Å². The maximum absolute atomic E-state index is 14.1. The predicted molar refractivity (Wildman–Crippen MR) is 176 cm³/mol. The first-order valence-electron chi connectivity index (χ1n) is 16.0. The molecule has 2 aromatic rings. The van der Waals surface area contributed by atoms with Gasteiger partial charge in [-0.15, -0.1) is 0 Å². The van der Waals surface area contributed by atoms with Gasteiger partial charge in [-0.3, -0.25) is 9.48 Å². The fraction of sp³-hybridized carbons (Fsp3) is 0.556. The molecule has 2 aliphatic carbocycles. The number of hydrogen-bond donors (Lipinski definition) is 1. The number of hydrogen-bond acceptors (Lipinski definition) is 5. The zero-order valence-corrected chi connectivity index (χ0v) is 27.0. The highest BCUT2D eigenvalue weighted by Crippen LogP contribution is 2.36. The molecule has 4 rings (SSSR count). The number of ether oxygens (including phenoxy) is 1. The molecule has 1 N–H and O–H groups in total. The van der Waals surface area contributed by atoms with E-state index in [-0.39, 0.29) is 17.9 Å². The number of amides is 1. The summed E-state index contributed by atoms with van der Waals surface area (Å²) in [5, 5.41) is 14.7. The van der Waals surface area contributed by atoms with Gasteiger partial charge in [-0.1, -0.05) is 30.4 Å². The average Bonchev–Trinajstić information content (AvgIpc) is 3.48. The monoisotopic (exact) mass is 588 g/mol. The number of likely N-dealkylation sites (N-methyl/N-ethyl adjacent to an activating group) is 1. The molecule has 0 radical (unpaired) electrons. The Balaban J connectivity index is 1.48. The first kappa shape index (κ1) is 32.7. The lowest BCUT2D eigenvalue weighted by Gasteiger charge is -2.36. The van der Waals surface area contributed by atoms with Crippen LogP contribution >= 0.6 is 0 Å². The molecule has 2 fully saturated rings. The first-order valence-corrected chi connectivity index (χ1v) is 16.0. The maximum Gasteiger partial charge on any atom is 0.230 e. The minimum Gasteiger partial charge on any atom is -0.497 e. The van der Waals surface area contributed by atoms with Crippen molar-refractivity contribution < 1.29 is 14.6 Å². The number of allylic oxidation sites excluding steroid dienone is 4. The normalized spacial score (nSPS) is 22.5. The largest absolute Gasteiger partial charge is 0.497 e. The quantitative estimate of drug-likeness (QED) is 0.217.